The Morgan fingerprint density at radius 3 is 2.47 bits per heavy atom. The SMILES string of the molecule is Cc1c(C(=O)Nc2ccc(I)cc2)oc2c1/C(=N/NS(=O)(=O)c1ccc(F)cc1)CCC2. The third-order valence-corrected chi connectivity index (χ3v) is 7.00. The standard InChI is InChI=1S/C22H19FIN3O4S/c1-13-20-18(26-27-32(29,30)17-11-5-14(23)6-12-17)3-2-4-19(20)31-21(13)22(28)25-16-9-7-15(24)8-10-16/h5-12,27H,2-4H2,1H3,(H,25,28)/b26-18+. The average molecular weight is 567 g/mol. The molecule has 0 fully saturated rings. The summed E-state index contributed by atoms with van der Waals surface area (Å²) < 4.78 is 45.0. The highest BCUT2D eigenvalue weighted by atomic mass is 127. The van der Waals surface area contributed by atoms with Crippen molar-refractivity contribution in [1.29, 1.82) is 0 Å². The number of benzene rings is 2. The van der Waals surface area contributed by atoms with E-state index in [4.69, 9.17) is 4.42 Å². The Kier molecular flexibility index (Phi) is 6.33. The van der Waals surface area contributed by atoms with Crippen LogP contribution in [0.25, 0.3) is 0 Å². The molecule has 0 aliphatic heterocycles. The van der Waals surface area contributed by atoms with E-state index in [1.807, 2.05) is 12.1 Å². The van der Waals surface area contributed by atoms with Crippen molar-refractivity contribution in [1.82, 2.24) is 4.83 Å². The second kappa shape index (κ2) is 9.02. The number of hydrogen-bond donors (Lipinski definition) is 2. The molecule has 1 amide bonds. The van der Waals surface area contributed by atoms with Gasteiger partial charge in [-0.2, -0.15) is 18.4 Å². The van der Waals surface area contributed by atoms with Gasteiger partial charge in [0.1, 0.15) is 11.6 Å². The third kappa shape index (κ3) is 4.70. The number of hydrogen-bond acceptors (Lipinski definition) is 5. The van der Waals surface area contributed by atoms with Gasteiger partial charge in [-0.1, -0.05) is 0 Å². The molecular formula is C22H19FIN3O4S. The van der Waals surface area contributed by atoms with Crippen molar-refractivity contribution in [2.75, 3.05) is 5.32 Å². The summed E-state index contributed by atoms with van der Waals surface area (Å²) in [5, 5.41) is 6.93. The maximum Gasteiger partial charge on any atom is 0.291 e. The van der Waals surface area contributed by atoms with Crippen molar-refractivity contribution in [3.8, 4) is 0 Å². The molecular weight excluding hydrogens is 548 g/mol. The molecule has 166 valence electrons. The lowest BCUT2D eigenvalue weighted by Gasteiger charge is -2.14. The maximum atomic E-state index is 13.1. The first-order valence-electron chi connectivity index (χ1n) is 9.78. The number of rotatable bonds is 5. The van der Waals surface area contributed by atoms with Gasteiger partial charge in [-0.05, 0) is 90.9 Å². The van der Waals surface area contributed by atoms with Gasteiger partial charge >= 0.3 is 0 Å². The Morgan fingerprint density at radius 1 is 1.09 bits per heavy atom. The first kappa shape index (κ1) is 22.5. The van der Waals surface area contributed by atoms with Gasteiger partial charge < -0.3 is 9.73 Å². The summed E-state index contributed by atoms with van der Waals surface area (Å²) in [5.41, 5.74) is 2.38. The Balaban J connectivity index is 1.59. The number of aryl methyl sites for hydroxylation is 1. The van der Waals surface area contributed by atoms with Gasteiger partial charge in [0.2, 0.25) is 0 Å². The summed E-state index contributed by atoms with van der Waals surface area (Å²) >= 11 is 2.18. The number of furan rings is 1. The van der Waals surface area contributed by atoms with Crippen LogP contribution in [-0.2, 0) is 16.4 Å². The van der Waals surface area contributed by atoms with E-state index < -0.39 is 15.8 Å². The van der Waals surface area contributed by atoms with Crippen LogP contribution in [0.4, 0.5) is 10.1 Å². The Morgan fingerprint density at radius 2 is 1.78 bits per heavy atom. The van der Waals surface area contributed by atoms with E-state index in [9.17, 15) is 17.6 Å². The maximum absolute atomic E-state index is 13.1. The lowest BCUT2D eigenvalue weighted by molar-refractivity contribution is 0.0994. The topological polar surface area (TPSA) is 101 Å². The first-order chi connectivity index (χ1) is 15.2. The molecule has 2 aromatic carbocycles. The smallest absolute Gasteiger partial charge is 0.291 e. The quantitative estimate of drug-likeness (QED) is 0.348. The molecule has 1 aliphatic carbocycles. The Hall–Kier alpha value is -2.73. The molecule has 0 unspecified atom stereocenters. The third-order valence-electron chi connectivity index (χ3n) is 5.06. The number of amides is 1. The molecule has 10 heteroatoms. The fourth-order valence-corrected chi connectivity index (χ4v) is 4.69. The minimum Gasteiger partial charge on any atom is -0.455 e. The van der Waals surface area contributed by atoms with Crippen LogP contribution in [0.2, 0.25) is 0 Å². The summed E-state index contributed by atoms with van der Waals surface area (Å²) in [6.45, 7) is 1.75. The number of nitrogens with one attached hydrogen (secondary N) is 2. The van der Waals surface area contributed by atoms with E-state index in [1.165, 1.54) is 12.1 Å². The van der Waals surface area contributed by atoms with E-state index in [-0.39, 0.29) is 16.6 Å². The van der Waals surface area contributed by atoms with Crippen LogP contribution < -0.4 is 10.1 Å². The van der Waals surface area contributed by atoms with Crippen LogP contribution in [0.5, 0.6) is 0 Å². The highest BCUT2D eigenvalue weighted by Crippen LogP contribution is 2.30. The summed E-state index contributed by atoms with van der Waals surface area (Å²) in [6, 6.07) is 11.8. The van der Waals surface area contributed by atoms with Crippen LogP contribution >= 0.6 is 22.6 Å². The van der Waals surface area contributed by atoms with Crippen molar-refractivity contribution in [2.45, 2.75) is 31.1 Å². The molecule has 0 saturated heterocycles. The molecule has 4 rings (SSSR count). The summed E-state index contributed by atoms with van der Waals surface area (Å²) in [7, 11) is -3.96. The van der Waals surface area contributed by atoms with Crippen LogP contribution in [0.1, 0.15) is 40.3 Å². The van der Waals surface area contributed by atoms with Crippen molar-refractivity contribution < 1.29 is 22.0 Å². The predicted octanol–water partition coefficient (Wildman–Crippen LogP) is 4.60. The van der Waals surface area contributed by atoms with Crippen molar-refractivity contribution in [3.63, 3.8) is 0 Å². The van der Waals surface area contributed by atoms with Crippen molar-refractivity contribution >= 4 is 49.9 Å². The highest BCUT2D eigenvalue weighted by Gasteiger charge is 2.28. The minimum absolute atomic E-state index is 0.0965. The molecule has 1 aromatic heterocycles. The predicted molar refractivity (Wildman–Crippen MR) is 127 cm³/mol. The molecule has 1 aliphatic rings. The number of halogens is 2. The molecule has 0 bridgehead atoms. The van der Waals surface area contributed by atoms with Gasteiger partial charge in [0.25, 0.3) is 15.9 Å². The average Bonchev–Trinajstić information content (AvgIpc) is 3.11. The van der Waals surface area contributed by atoms with E-state index >= 15 is 0 Å². The van der Waals surface area contributed by atoms with E-state index in [0.29, 0.717) is 47.5 Å². The number of nitrogens with zero attached hydrogens (tertiary/aromatic N) is 1. The highest BCUT2D eigenvalue weighted by molar-refractivity contribution is 14.1. The number of carbonyl (C=O) groups is 1. The zero-order valence-electron chi connectivity index (χ0n) is 17.0. The van der Waals surface area contributed by atoms with E-state index in [1.54, 1.807) is 19.1 Å². The molecule has 0 radical (unpaired) electrons. The van der Waals surface area contributed by atoms with Gasteiger partial charge in [-0.25, -0.2) is 4.39 Å². The lowest BCUT2D eigenvalue weighted by atomic mass is 9.93. The zero-order chi connectivity index (χ0) is 22.9. The minimum atomic E-state index is -3.96. The fraction of sp³-hybridized carbons (Fsp3) is 0.182. The van der Waals surface area contributed by atoms with Gasteiger partial charge in [0.15, 0.2) is 5.76 Å². The first-order valence-corrected chi connectivity index (χ1v) is 12.3. The number of fused-ring (bicyclic) bond motifs is 1. The zero-order valence-corrected chi connectivity index (χ0v) is 20.0. The van der Waals surface area contributed by atoms with Gasteiger partial charge in [0, 0.05) is 26.8 Å². The van der Waals surface area contributed by atoms with Gasteiger partial charge in [-0.15, -0.1) is 0 Å². The molecule has 32 heavy (non-hydrogen) atoms. The number of anilines is 1. The van der Waals surface area contributed by atoms with Gasteiger partial charge in [0.05, 0.1) is 10.6 Å². The van der Waals surface area contributed by atoms with Crippen molar-refractivity contribution in [2.24, 2.45) is 5.10 Å². The molecule has 0 spiro atoms. The summed E-state index contributed by atoms with van der Waals surface area (Å²) in [4.78, 5) is 14.9. The molecule has 3 aromatic rings. The number of carbonyl (C=O) groups excluding carboxylic acids is 1. The second-order valence-electron chi connectivity index (χ2n) is 7.28. The summed E-state index contributed by atoms with van der Waals surface area (Å²) in [6.07, 6.45) is 1.85. The Labute approximate surface area is 198 Å². The number of sulfonamides is 1. The molecule has 0 atom stereocenters. The molecule has 2 N–H and O–H groups in total. The van der Waals surface area contributed by atoms with E-state index in [2.05, 4.69) is 37.8 Å². The second-order valence-corrected chi connectivity index (χ2v) is 10.2. The Bertz CT molecular complexity index is 1300. The largest absolute Gasteiger partial charge is 0.455 e. The van der Waals surface area contributed by atoms with Crippen LogP contribution in [0.15, 0.2) is 62.9 Å². The fourth-order valence-electron chi connectivity index (χ4n) is 3.50. The van der Waals surface area contributed by atoms with Crippen LogP contribution in [-0.4, -0.2) is 20.0 Å². The van der Waals surface area contributed by atoms with Crippen LogP contribution in [0.3, 0.4) is 0 Å². The molecule has 1 heterocycles. The van der Waals surface area contributed by atoms with Crippen molar-refractivity contribution in [3.05, 3.63) is 80.6 Å². The number of hydrazone groups is 1. The molecule has 0 saturated carbocycles. The monoisotopic (exact) mass is 567 g/mol. The normalized spacial score (nSPS) is 14.8. The van der Waals surface area contributed by atoms with Crippen LogP contribution in [0, 0.1) is 16.3 Å². The van der Waals surface area contributed by atoms with E-state index in [0.717, 1.165) is 15.7 Å². The van der Waals surface area contributed by atoms with Gasteiger partial charge in [-0.3, -0.25) is 4.79 Å². The lowest BCUT2D eigenvalue weighted by Crippen LogP contribution is -2.22. The molecule has 7 nitrogen and oxygen atoms in total. The summed E-state index contributed by atoms with van der Waals surface area (Å²) in [5.74, 6) is -0.146.